The van der Waals surface area contributed by atoms with Crippen LogP contribution in [-0.4, -0.2) is 11.8 Å². The first-order valence-corrected chi connectivity index (χ1v) is 5.47. The first kappa shape index (κ1) is 10.2. The van der Waals surface area contributed by atoms with Crippen molar-refractivity contribution in [3.8, 4) is 0 Å². The van der Waals surface area contributed by atoms with E-state index in [0.29, 0.717) is 6.42 Å². The Hall–Kier alpha value is -1.97. The standard InChI is InChI=1S/C13H10FNO2/c14-8-3-1-7-2-4-9(10(7)5-8)11-6-12(16)15-13(11)17/h1,3-5,11H,2,6H2,(H,15,16,17). The number of imide groups is 1. The van der Waals surface area contributed by atoms with Crippen molar-refractivity contribution < 1.29 is 14.0 Å². The molecule has 1 aromatic rings. The summed E-state index contributed by atoms with van der Waals surface area (Å²) in [5.41, 5.74) is 2.55. The maximum Gasteiger partial charge on any atom is 0.234 e. The highest BCUT2D eigenvalue weighted by Gasteiger charge is 2.35. The molecule has 17 heavy (non-hydrogen) atoms. The summed E-state index contributed by atoms with van der Waals surface area (Å²) < 4.78 is 13.2. The van der Waals surface area contributed by atoms with Crippen LogP contribution >= 0.6 is 0 Å². The number of carbonyl (C=O) groups excluding carboxylic acids is 2. The van der Waals surface area contributed by atoms with Gasteiger partial charge >= 0.3 is 0 Å². The van der Waals surface area contributed by atoms with Crippen molar-refractivity contribution in [2.75, 3.05) is 0 Å². The van der Waals surface area contributed by atoms with Gasteiger partial charge in [-0.05, 0) is 35.3 Å². The van der Waals surface area contributed by atoms with E-state index in [2.05, 4.69) is 5.32 Å². The van der Waals surface area contributed by atoms with Crippen LogP contribution in [0, 0.1) is 11.7 Å². The fourth-order valence-electron chi connectivity index (χ4n) is 2.46. The Kier molecular flexibility index (Phi) is 2.11. The first-order chi connectivity index (χ1) is 8.15. The number of amides is 2. The Morgan fingerprint density at radius 1 is 1.29 bits per heavy atom. The molecule has 3 rings (SSSR count). The Bertz CT molecular complexity index is 563. The van der Waals surface area contributed by atoms with Crippen molar-refractivity contribution in [3.63, 3.8) is 0 Å². The minimum Gasteiger partial charge on any atom is -0.296 e. The van der Waals surface area contributed by atoms with E-state index < -0.39 is 5.92 Å². The zero-order valence-corrected chi connectivity index (χ0v) is 9.00. The Morgan fingerprint density at radius 2 is 2.12 bits per heavy atom. The van der Waals surface area contributed by atoms with E-state index in [1.165, 1.54) is 12.1 Å². The summed E-state index contributed by atoms with van der Waals surface area (Å²) in [5, 5.41) is 2.28. The van der Waals surface area contributed by atoms with Crippen LogP contribution in [0.25, 0.3) is 5.57 Å². The monoisotopic (exact) mass is 231 g/mol. The maximum atomic E-state index is 13.2. The number of benzene rings is 1. The van der Waals surface area contributed by atoms with Gasteiger partial charge in [0, 0.05) is 6.42 Å². The van der Waals surface area contributed by atoms with E-state index in [4.69, 9.17) is 0 Å². The van der Waals surface area contributed by atoms with Crippen molar-refractivity contribution in [3.05, 3.63) is 41.2 Å². The molecule has 0 spiro atoms. The normalized spacial score (nSPS) is 22.4. The second kappa shape index (κ2) is 3.52. The van der Waals surface area contributed by atoms with Gasteiger partial charge in [-0.1, -0.05) is 12.1 Å². The summed E-state index contributed by atoms with van der Waals surface area (Å²) >= 11 is 0. The van der Waals surface area contributed by atoms with Crippen LogP contribution in [-0.2, 0) is 16.0 Å². The number of rotatable bonds is 1. The van der Waals surface area contributed by atoms with E-state index >= 15 is 0 Å². The second-order valence-electron chi connectivity index (χ2n) is 4.33. The highest BCUT2D eigenvalue weighted by molar-refractivity contribution is 6.09. The highest BCUT2D eigenvalue weighted by atomic mass is 19.1. The number of hydrogen-bond donors (Lipinski definition) is 1. The average Bonchev–Trinajstić information content (AvgIpc) is 2.81. The van der Waals surface area contributed by atoms with Gasteiger partial charge in [-0.15, -0.1) is 0 Å². The quantitative estimate of drug-likeness (QED) is 0.743. The van der Waals surface area contributed by atoms with Gasteiger partial charge in [0.15, 0.2) is 0 Å². The highest BCUT2D eigenvalue weighted by Crippen LogP contribution is 2.36. The SMILES string of the molecule is O=C1CC(C2=CCc3ccc(F)cc32)C(=O)N1. The Morgan fingerprint density at radius 3 is 2.82 bits per heavy atom. The predicted molar refractivity (Wildman–Crippen MR) is 59.3 cm³/mol. The first-order valence-electron chi connectivity index (χ1n) is 5.47. The number of fused-ring (bicyclic) bond motifs is 1. The molecule has 1 fully saturated rings. The van der Waals surface area contributed by atoms with Gasteiger partial charge in [0.1, 0.15) is 5.82 Å². The Labute approximate surface area is 97.3 Å². The minimum atomic E-state index is -0.453. The lowest BCUT2D eigenvalue weighted by molar-refractivity contribution is -0.125. The molecule has 0 saturated carbocycles. The molecule has 2 aliphatic rings. The summed E-state index contributed by atoms with van der Waals surface area (Å²) in [6.07, 6.45) is 2.77. The third-order valence-electron chi connectivity index (χ3n) is 3.27. The molecule has 1 saturated heterocycles. The number of carbonyl (C=O) groups is 2. The largest absolute Gasteiger partial charge is 0.296 e. The third-order valence-corrected chi connectivity index (χ3v) is 3.27. The molecule has 3 nitrogen and oxygen atoms in total. The average molecular weight is 231 g/mol. The van der Waals surface area contributed by atoms with E-state index in [-0.39, 0.29) is 24.1 Å². The maximum absolute atomic E-state index is 13.2. The number of allylic oxidation sites excluding steroid dienone is 1. The number of hydrogen-bond acceptors (Lipinski definition) is 2. The Balaban J connectivity index is 2.01. The van der Waals surface area contributed by atoms with Crippen LogP contribution in [0.1, 0.15) is 17.5 Å². The van der Waals surface area contributed by atoms with Gasteiger partial charge < -0.3 is 0 Å². The predicted octanol–water partition coefficient (Wildman–Crippen LogP) is 1.43. The lowest BCUT2D eigenvalue weighted by atomic mass is 9.92. The van der Waals surface area contributed by atoms with Crippen LogP contribution in [0.3, 0.4) is 0 Å². The zero-order valence-electron chi connectivity index (χ0n) is 9.00. The molecule has 4 heteroatoms. The summed E-state index contributed by atoms with van der Waals surface area (Å²) in [5.74, 6) is -1.31. The molecule has 1 unspecified atom stereocenters. The van der Waals surface area contributed by atoms with Gasteiger partial charge in [-0.3, -0.25) is 14.9 Å². The summed E-state index contributed by atoms with van der Waals surface area (Å²) in [4.78, 5) is 22.8. The topological polar surface area (TPSA) is 46.2 Å². The van der Waals surface area contributed by atoms with Crippen molar-refractivity contribution in [2.45, 2.75) is 12.8 Å². The molecule has 0 bridgehead atoms. The van der Waals surface area contributed by atoms with Gasteiger partial charge in [0.05, 0.1) is 5.92 Å². The zero-order chi connectivity index (χ0) is 12.0. The van der Waals surface area contributed by atoms with Crippen LogP contribution in [0.2, 0.25) is 0 Å². The minimum absolute atomic E-state index is 0.167. The molecule has 1 aromatic carbocycles. The van der Waals surface area contributed by atoms with Gasteiger partial charge in [-0.25, -0.2) is 4.39 Å². The van der Waals surface area contributed by atoms with Crippen LogP contribution in [0.4, 0.5) is 4.39 Å². The smallest absolute Gasteiger partial charge is 0.234 e. The van der Waals surface area contributed by atoms with Crippen molar-refractivity contribution in [1.82, 2.24) is 5.32 Å². The molecule has 0 radical (unpaired) electrons. The molecule has 1 aliphatic carbocycles. The molecule has 2 amide bonds. The lowest BCUT2D eigenvalue weighted by Crippen LogP contribution is -2.22. The molecule has 0 aromatic heterocycles. The molecular formula is C13H10FNO2. The lowest BCUT2D eigenvalue weighted by Gasteiger charge is -2.10. The molecule has 1 N–H and O–H groups in total. The van der Waals surface area contributed by atoms with E-state index in [1.807, 2.05) is 6.08 Å². The van der Waals surface area contributed by atoms with E-state index in [0.717, 1.165) is 16.7 Å². The van der Waals surface area contributed by atoms with Crippen molar-refractivity contribution >= 4 is 17.4 Å². The van der Waals surface area contributed by atoms with Gasteiger partial charge in [0.2, 0.25) is 11.8 Å². The molecule has 1 atom stereocenters. The summed E-state index contributed by atoms with van der Waals surface area (Å²) in [7, 11) is 0. The van der Waals surface area contributed by atoms with Gasteiger partial charge in [-0.2, -0.15) is 0 Å². The van der Waals surface area contributed by atoms with Crippen molar-refractivity contribution in [1.29, 1.82) is 0 Å². The van der Waals surface area contributed by atoms with Crippen LogP contribution in [0.15, 0.2) is 24.3 Å². The molecular weight excluding hydrogens is 221 g/mol. The van der Waals surface area contributed by atoms with Crippen LogP contribution in [0.5, 0.6) is 0 Å². The second-order valence-corrected chi connectivity index (χ2v) is 4.33. The third kappa shape index (κ3) is 1.56. The molecule has 86 valence electrons. The van der Waals surface area contributed by atoms with Crippen molar-refractivity contribution in [2.24, 2.45) is 5.92 Å². The van der Waals surface area contributed by atoms with E-state index in [1.54, 1.807) is 6.07 Å². The van der Waals surface area contributed by atoms with Gasteiger partial charge in [0.25, 0.3) is 0 Å². The molecule has 1 heterocycles. The number of halogens is 1. The number of nitrogens with one attached hydrogen (secondary N) is 1. The molecule has 1 aliphatic heterocycles. The summed E-state index contributed by atoms with van der Waals surface area (Å²) in [6, 6.07) is 4.57. The fraction of sp³-hybridized carbons (Fsp3) is 0.231. The van der Waals surface area contributed by atoms with Crippen LogP contribution < -0.4 is 5.32 Å². The van der Waals surface area contributed by atoms with E-state index in [9.17, 15) is 14.0 Å². The fourth-order valence-corrected chi connectivity index (χ4v) is 2.46. The summed E-state index contributed by atoms with van der Waals surface area (Å²) in [6.45, 7) is 0.